The number of halogens is 3. The zero-order valence-corrected chi connectivity index (χ0v) is 11.6. The fourth-order valence-corrected chi connectivity index (χ4v) is 2.09. The molecule has 22 heavy (non-hydrogen) atoms. The van der Waals surface area contributed by atoms with Gasteiger partial charge in [0, 0.05) is 12.2 Å². The van der Waals surface area contributed by atoms with Gasteiger partial charge in [-0.3, -0.25) is 9.59 Å². The minimum Gasteiger partial charge on any atom is -0.352 e. The summed E-state index contributed by atoms with van der Waals surface area (Å²) in [4.78, 5) is 23.6. The van der Waals surface area contributed by atoms with Crippen molar-refractivity contribution in [1.29, 1.82) is 0 Å². The van der Waals surface area contributed by atoms with Crippen molar-refractivity contribution in [1.82, 2.24) is 5.32 Å². The predicted octanol–water partition coefficient (Wildman–Crippen LogP) is 2.58. The number of benzene rings is 1. The fraction of sp³-hybridized carbons (Fsp3) is 0.333. The summed E-state index contributed by atoms with van der Waals surface area (Å²) < 4.78 is 37.8. The summed E-state index contributed by atoms with van der Waals surface area (Å²) in [6.45, 7) is 3.78. The Bertz CT molecular complexity index is 599. The van der Waals surface area contributed by atoms with Gasteiger partial charge in [-0.1, -0.05) is 12.1 Å². The number of alkyl halides is 3. The van der Waals surface area contributed by atoms with E-state index < -0.39 is 29.5 Å². The molecule has 2 unspecified atom stereocenters. The molecule has 2 atom stereocenters. The lowest BCUT2D eigenvalue weighted by molar-refractivity contribution is -0.137. The first-order valence-corrected chi connectivity index (χ1v) is 6.69. The van der Waals surface area contributed by atoms with Crippen LogP contribution < -0.4 is 10.6 Å². The highest BCUT2D eigenvalue weighted by molar-refractivity contribution is 5.99. The number of hydrogen-bond donors (Lipinski definition) is 2. The molecule has 2 amide bonds. The summed E-state index contributed by atoms with van der Waals surface area (Å²) in [6, 6.07) is 4.40. The van der Waals surface area contributed by atoms with Crippen LogP contribution in [0, 0.1) is 11.8 Å². The lowest BCUT2D eigenvalue weighted by Crippen LogP contribution is -2.27. The molecule has 1 aromatic carbocycles. The average molecular weight is 312 g/mol. The first kappa shape index (κ1) is 16.1. The number of rotatable bonds is 5. The summed E-state index contributed by atoms with van der Waals surface area (Å²) in [6.07, 6.45) is -2.54. The second-order valence-corrected chi connectivity index (χ2v) is 5.05. The molecule has 0 spiro atoms. The van der Waals surface area contributed by atoms with Crippen LogP contribution in [0.3, 0.4) is 0 Å². The van der Waals surface area contributed by atoms with E-state index in [2.05, 4.69) is 17.2 Å². The quantitative estimate of drug-likeness (QED) is 0.821. The normalized spacial score (nSPS) is 20.1. The highest BCUT2D eigenvalue weighted by atomic mass is 19.4. The maximum atomic E-state index is 12.6. The van der Waals surface area contributed by atoms with Crippen LogP contribution in [0.4, 0.5) is 18.9 Å². The molecule has 1 saturated carbocycles. The lowest BCUT2D eigenvalue weighted by atomic mass is 10.2. The third-order valence-electron chi connectivity index (χ3n) is 3.34. The Morgan fingerprint density at radius 2 is 1.95 bits per heavy atom. The number of nitrogens with one attached hydrogen (secondary N) is 2. The van der Waals surface area contributed by atoms with Crippen LogP contribution in [0.2, 0.25) is 0 Å². The van der Waals surface area contributed by atoms with Crippen LogP contribution in [-0.4, -0.2) is 18.4 Å². The van der Waals surface area contributed by atoms with E-state index in [1.807, 2.05) is 0 Å². The number of amides is 2. The maximum absolute atomic E-state index is 12.6. The summed E-state index contributed by atoms with van der Waals surface area (Å²) >= 11 is 0. The van der Waals surface area contributed by atoms with Crippen LogP contribution in [0.5, 0.6) is 0 Å². The highest BCUT2D eigenvalue weighted by Crippen LogP contribution is 2.39. The van der Waals surface area contributed by atoms with Gasteiger partial charge in [-0.2, -0.15) is 13.2 Å². The molecule has 0 aliphatic heterocycles. The Balaban J connectivity index is 1.94. The SMILES string of the molecule is C=CCNC(=O)C1CC1C(=O)Nc1cccc(C(F)(F)F)c1. The van der Waals surface area contributed by atoms with Gasteiger partial charge in [0.1, 0.15) is 0 Å². The van der Waals surface area contributed by atoms with Gasteiger partial charge in [0.25, 0.3) is 0 Å². The van der Waals surface area contributed by atoms with Gasteiger partial charge < -0.3 is 10.6 Å². The molecule has 7 heteroatoms. The van der Waals surface area contributed by atoms with E-state index >= 15 is 0 Å². The van der Waals surface area contributed by atoms with Crippen molar-refractivity contribution in [3.05, 3.63) is 42.5 Å². The van der Waals surface area contributed by atoms with E-state index in [1.165, 1.54) is 18.2 Å². The summed E-state index contributed by atoms with van der Waals surface area (Å²) in [5.41, 5.74) is -0.765. The Hall–Kier alpha value is -2.31. The molecule has 0 heterocycles. The molecule has 0 bridgehead atoms. The topological polar surface area (TPSA) is 58.2 Å². The molecule has 4 nitrogen and oxygen atoms in total. The number of carbonyl (C=O) groups excluding carboxylic acids is 2. The molecule has 1 fully saturated rings. The Kier molecular flexibility index (Phi) is 4.54. The van der Waals surface area contributed by atoms with Gasteiger partial charge in [0.05, 0.1) is 17.4 Å². The van der Waals surface area contributed by atoms with Crippen molar-refractivity contribution in [3.63, 3.8) is 0 Å². The second-order valence-electron chi connectivity index (χ2n) is 5.05. The monoisotopic (exact) mass is 312 g/mol. The van der Waals surface area contributed by atoms with E-state index in [-0.39, 0.29) is 11.6 Å². The zero-order chi connectivity index (χ0) is 16.3. The van der Waals surface area contributed by atoms with Crippen LogP contribution in [0.1, 0.15) is 12.0 Å². The van der Waals surface area contributed by atoms with E-state index in [0.717, 1.165) is 12.1 Å². The Labute approximate surface area is 125 Å². The zero-order valence-electron chi connectivity index (χ0n) is 11.6. The third-order valence-corrected chi connectivity index (χ3v) is 3.34. The van der Waals surface area contributed by atoms with Crippen LogP contribution in [0.25, 0.3) is 0 Å². The van der Waals surface area contributed by atoms with E-state index in [9.17, 15) is 22.8 Å². The largest absolute Gasteiger partial charge is 0.416 e. The van der Waals surface area contributed by atoms with Gasteiger partial charge in [-0.15, -0.1) is 6.58 Å². The van der Waals surface area contributed by atoms with Gasteiger partial charge in [0.2, 0.25) is 11.8 Å². The molecule has 0 radical (unpaired) electrons. The number of hydrogen-bond acceptors (Lipinski definition) is 2. The van der Waals surface area contributed by atoms with Gasteiger partial charge in [0.15, 0.2) is 0 Å². The molecule has 1 aliphatic rings. The predicted molar refractivity (Wildman–Crippen MR) is 74.9 cm³/mol. The summed E-state index contributed by atoms with van der Waals surface area (Å²) in [5.74, 6) is -1.62. The van der Waals surface area contributed by atoms with E-state index in [4.69, 9.17) is 0 Å². The first-order valence-electron chi connectivity index (χ1n) is 6.69. The fourth-order valence-electron chi connectivity index (χ4n) is 2.09. The van der Waals surface area contributed by atoms with Crippen LogP contribution in [-0.2, 0) is 15.8 Å². The van der Waals surface area contributed by atoms with Crippen molar-refractivity contribution in [2.45, 2.75) is 12.6 Å². The van der Waals surface area contributed by atoms with Gasteiger partial charge in [-0.25, -0.2) is 0 Å². The minimum absolute atomic E-state index is 0.0666. The second kappa shape index (κ2) is 6.21. The van der Waals surface area contributed by atoms with Crippen molar-refractivity contribution in [2.24, 2.45) is 11.8 Å². The maximum Gasteiger partial charge on any atom is 0.416 e. The van der Waals surface area contributed by atoms with Gasteiger partial charge >= 0.3 is 6.18 Å². The Morgan fingerprint density at radius 1 is 1.27 bits per heavy atom. The van der Waals surface area contributed by atoms with E-state index in [0.29, 0.717) is 13.0 Å². The molecular weight excluding hydrogens is 297 g/mol. The lowest BCUT2D eigenvalue weighted by Gasteiger charge is -2.09. The molecular formula is C15H15F3N2O2. The van der Waals surface area contributed by atoms with Crippen LogP contribution >= 0.6 is 0 Å². The third kappa shape index (κ3) is 3.87. The van der Waals surface area contributed by atoms with Crippen molar-refractivity contribution >= 4 is 17.5 Å². The Morgan fingerprint density at radius 3 is 2.59 bits per heavy atom. The molecule has 118 valence electrons. The van der Waals surface area contributed by atoms with Gasteiger partial charge in [-0.05, 0) is 24.6 Å². The average Bonchev–Trinajstić information content (AvgIpc) is 3.24. The first-order chi connectivity index (χ1) is 10.3. The van der Waals surface area contributed by atoms with Crippen molar-refractivity contribution in [3.8, 4) is 0 Å². The standard InChI is InChI=1S/C15H15F3N2O2/c1-2-6-19-13(21)11-8-12(11)14(22)20-10-5-3-4-9(7-10)15(16,17)18/h2-5,7,11-12H,1,6,8H2,(H,19,21)(H,20,22). The van der Waals surface area contributed by atoms with E-state index in [1.54, 1.807) is 0 Å². The molecule has 1 aliphatic carbocycles. The smallest absolute Gasteiger partial charge is 0.352 e. The molecule has 1 aromatic rings. The minimum atomic E-state index is -4.46. The summed E-state index contributed by atoms with van der Waals surface area (Å²) in [7, 11) is 0. The van der Waals surface area contributed by atoms with Crippen molar-refractivity contribution < 1.29 is 22.8 Å². The highest BCUT2D eigenvalue weighted by Gasteiger charge is 2.47. The number of anilines is 1. The molecule has 2 rings (SSSR count). The molecule has 2 N–H and O–H groups in total. The molecule has 0 aromatic heterocycles. The summed E-state index contributed by atoms with van der Waals surface area (Å²) in [5, 5.41) is 5.00. The molecule has 0 saturated heterocycles. The van der Waals surface area contributed by atoms with Crippen molar-refractivity contribution in [2.75, 3.05) is 11.9 Å². The van der Waals surface area contributed by atoms with Crippen LogP contribution in [0.15, 0.2) is 36.9 Å². The number of carbonyl (C=O) groups is 2.